The number of fused-ring (bicyclic) bond motifs is 3. The summed E-state index contributed by atoms with van der Waals surface area (Å²) in [5.74, 6) is 1.30. The SMILES string of the molecule is O=C(C[C@@H]1CCN2C[C@@H]1C=CCOc1ccccc1CN(Cc1ccccc1O)CC2=O)N1CC[C@@H](O)C1. The van der Waals surface area contributed by atoms with Crippen molar-refractivity contribution in [3.63, 3.8) is 0 Å². The molecular formula is C30H37N3O5. The fraction of sp³-hybridized carbons (Fsp3) is 0.467. The lowest BCUT2D eigenvalue weighted by Gasteiger charge is -2.38. The van der Waals surface area contributed by atoms with Crippen molar-refractivity contribution in [3.05, 3.63) is 71.8 Å². The number of likely N-dealkylation sites (tertiary alicyclic amines) is 1. The third-order valence-electron chi connectivity index (χ3n) is 7.94. The van der Waals surface area contributed by atoms with Gasteiger partial charge in [0, 0.05) is 56.8 Å². The standard InChI is InChI=1S/C30H37N3O5/c34-26-12-14-33(20-26)29(36)16-22-11-13-32-19-23(22)8-5-15-38-28-10-4-2-7-25(28)18-31(21-30(32)37)17-24-6-1-3-9-27(24)35/h1-10,22-23,26,34-35H,11-21H2/t22-,23-,26+/m0/s1. The minimum absolute atomic E-state index is 0.0453. The molecule has 202 valence electrons. The number of phenols is 1. The minimum Gasteiger partial charge on any atom is -0.508 e. The normalized spacial score (nSPS) is 24.7. The van der Waals surface area contributed by atoms with Gasteiger partial charge in [0.15, 0.2) is 0 Å². The summed E-state index contributed by atoms with van der Waals surface area (Å²) in [7, 11) is 0. The Morgan fingerprint density at radius 3 is 2.63 bits per heavy atom. The number of hydrogen-bond donors (Lipinski definition) is 2. The van der Waals surface area contributed by atoms with Gasteiger partial charge < -0.3 is 24.7 Å². The minimum atomic E-state index is -0.427. The first-order valence-corrected chi connectivity index (χ1v) is 13.6. The Morgan fingerprint density at radius 2 is 1.82 bits per heavy atom. The molecule has 2 fully saturated rings. The van der Waals surface area contributed by atoms with E-state index >= 15 is 0 Å². The summed E-state index contributed by atoms with van der Waals surface area (Å²) in [4.78, 5) is 32.2. The second-order valence-electron chi connectivity index (χ2n) is 10.7. The number of aliphatic hydroxyl groups excluding tert-OH is 1. The predicted molar refractivity (Wildman–Crippen MR) is 143 cm³/mol. The van der Waals surface area contributed by atoms with Crippen molar-refractivity contribution in [1.29, 1.82) is 0 Å². The summed E-state index contributed by atoms with van der Waals surface area (Å²) >= 11 is 0. The van der Waals surface area contributed by atoms with Crippen molar-refractivity contribution in [2.45, 2.75) is 38.5 Å². The number of carbonyl (C=O) groups is 2. The molecule has 2 aromatic carbocycles. The number of hydrogen-bond acceptors (Lipinski definition) is 6. The predicted octanol–water partition coefficient (Wildman–Crippen LogP) is 2.79. The highest BCUT2D eigenvalue weighted by Gasteiger charge is 2.34. The highest BCUT2D eigenvalue weighted by atomic mass is 16.5. The van der Waals surface area contributed by atoms with Crippen LogP contribution in [-0.4, -0.2) is 82.2 Å². The highest BCUT2D eigenvalue weighted by Crippen LogP contribution is 2.30. The van der Waals surface area contributed by atoms with Crippen LogP contribution >= 0.6 is 0 Å². The number of amides is 2. The molecule has 2 amide bonds. The Morgan fingerprint density at radius 1 is 1.00 bits per heavy atom. The van der Waals surface area contributed by atoms with Gasteiger partial charge in [-0.05, 0) is 36.8 Å². The molecule has 0 radical (unpaired) electrons. The van der Waals surface area contributed by atoms with Crippen LogP contribution in [0.15, 0.2) is 60.7 Å². The number of phenolic OH excluding ortho intramolecular Hbond substituents is 1. The number of ether oxygens (including phenoxy) is 1. The third-order valence-corrected chi connectivity index (χ3v) is 7.94. The van der Waals surface area contributed by atoms with E-state index in [1.165, 1.54) is 0 Å². The Labute approximate surface area is 224 Å². The summed E-state index contributed by atoms with van der Waals surface area (Å²) in [5.41, 5.74) is 1.75. The molecule has 5 rings (SSSR count). The van der Waals surface area contributed by atoms with Crippen molar-refractivity contribution < 1.29 is 24.5 Å². The average Bonchev–Trinajstić information content (AvgIpc) is 3.35. The maximum absolute atomic E-state index is 13.6. The van der Waals surface area contributed by atoms with E-state index in [1.54, 1.807) is 17.0 Å². The van der Waals surface area contributed by atoms with Gasteiger partial charge in [-0.2, -0.15) is 0 Å². The van der Waals surface area contributed by atoms with Crippen molar-refractivity contribution in [2.24, 2.45) is 11.8 Å². The van der Waals surface area contributed by atoms with Crippen molar-refractivity contribution in [2.75, 3.05) is 39.3 Å². The van der Waals surface area contributed by atoms with E-state index in [-0.39, 0.29) is 35.9 Å². The van der Waals surface area contributed by atoms with E-state index in [1.807, 2.05) is 52.3 Å². The molecule has 0 aliphatic carbocycles. The quantitative estimate of drug-likeness (QED) is 0.604. The largest absolute Gasteiger partial charge is 0.508 e. The lowest BCUT2D eigenvalue weighted by Crippen LogP contribution is -2.47. The lowest BCUT2D eigenvalue weighted by atomic mass is 9.82. The van der Waals surface area contributed by atoms with Crippen molar-refractivity contribution in [1.82, 2.24) is 14.7 Å². The summed E-state index contributed by atoms with van der Waals surface area (Å²) in [6.45, 7) is 3.76. The smallest absolute Gasteiger partial charge is 0.236 e. The van der Waals surface area contributed by atoms with Gasteiger partial charge in [-0.1, -0.05) is 48.6 Å². The maximum Gasteiger partial charge on any atom is 0.236 e. The monoisotopic (exact) mass is 519 g/mol. The third kappa shape index (κ3) is 6.37. The van der Waals surface area contributed by atoms with Crippen LogP contribution in [0.3, 0.4) is 0 Å². The summed E-state index contributed by atoms with van der Waals surface area (Å²) in [6.07, 6.45) is 5.50. The molecule has 0 aromatic heterocycles. The first kappa shape index (κ1) is 26.3. The molecule has 0 spiro atoms. The first-order valence-electron chi connectivity index (χ1n) is 13.6. The zero-order valence-electron chi connectivity index (χ0n) is 21.7. The average molecular weight is 520 g/mol. The number of para-hydroxylation sites is 2. The van der Waals surface area contributed by atoms with E-state index in [4.69, 9.17) is 4.74 Å². The van der Waals surface area contributed by atoms with Gasteiger partial charge in [-0.15, -0.1) is 0 Å². The Hall–Kier alpha value is -3.36. The fourth-order valence-corrected chi connectivity index (χ4v) is 5.78. The van der Waals surface area contributed by atoms with Crippen LogP contribution in [-0.2, 0) is 22.7 Å². The molecule has 3 heterocycles. The molecule has 3 aliphatic rings. The highest BCUT2D eigenvalue weighted by molar-refractivity contribution is 5.79. The van der Waals surface area contributed by atoms with E-state index in [0.717, 1.165) is 23.3 Å². The van der Waals surface area contributed by atoms with Gasteiger partial charge in [0.05, 0.1) is 12.6 Å². The molecule has 8 heteroatoms. The molecule has 2 N–H and O–H groups in total. The van der Waals surface area contributed by atoms with Crippen molar-refractivity contribution in [3.8, 4) is 11.5 Å². The van der Waals surface area contributed by atoms with Gasteiger partial charge in [0.2, 0.25) is 11.8 Å². The van der Waals surface area contributed by atoms with Crippen LogP contribution in [0.2, 0.25) is 0 Å². The van der Waals surface area contributed by atoms with Crippen LogP contribution in [0, 0.1) is 11.8 Å². The number of nitrogens with zero attached hydrogens (tertiary/aromatic N) is 3. The Kier molecular flexibility index (Phi) is 8.29. The molecule has 0 saturated carbocycles. The first-order chi connectivity index (χ1) is 18.5. The number of benzene rings is 2. The van der Waals surface area contributed by atoms with Gasteiger partial charge in [0.25, 0.3) is 0 Å². The number of carbonyl (C=O) groups excluding carboxylic acids is 2. The molecule has 2 aromatic rings. The van der Waals surface area contributed by atoms with E-state index < -0.39 is 6.10 Å². The number of aliphatic hydroxyl groups is 1. The lowest BCUT2D eigenvalue weighted by molar-refractivity contribution is -0.136. The molecule has 3 aliphatic heterocycles. The number of piperidine rings is 1. The number of aromatic hydroxyl groups is 1. The van der Waals surface area contributed by atoms with Gasteiger partial charge in [0.1, 0.15) is 18.1 Å². The van der Waals surface area contributed by atoms with E-state index in [9.17, 15) is 19.8 Å². The van der Waals surface area contributed by atoms with Crippen LogP contribution in [0.4, 0.5) is 0 Å². The summed E-state index contributed by atoms with van der Waals surface area (Å²) in [5, 5.41) is 20.2. The summed E-state index contributed by atoms with van der Waals surface area (Å²) < 4.78 is 6.13. The molecule has 3 atom stereocenters. The van der Waals surface area contributed by atoms with Crippen LogP contribution in [0.5, 0.6) is 11.5 Å². The second kappa shape index (κ2) is 12.0. The molecule has 0 unspecified atom stereocenters. The van der Waals surface area contributed by atoms with Gasteiger partial charge in [-0.25, -0.2) is 0 Å². The Balaban J connectivity index is 1.36. The van der Waals surface area contributed by atoms with Gasteiger partial charge in [-0.3, -0.25) is 14.5 Å². The second-order valence-corrected chi connectivity index (χ2v) is 10.7. The molecule has 2 bridgehead atoms. The molecule has 8 nitrogen and oxygen atoms in total. The van der Waals surface area contributed by atoms with Crippen LogP contribution in [0.25, 0.3) is 0 Å². The van der Waals surface area contributed by atoms with Gasteiger partial charge >= 0.3 is 0 Å². The summed E-state index contributed by atoms with van der Waals surface area (Å²) in [6, 6.07) is 15.1. The number of β-amino-alcohol motifs (C(OH)–C–C–N with tert-alkyl or cyclic N) is 1. The van der Waals surface area contributed by atoms with Crippen LogP contribution in [0.1, 0.15) is 30.4 Å². The number of rotatable bonds is 4. The molecule has 2 saturated heterocycles. The zero-order chi connectivity index (χ0) is 26.5. The topological polar surface area (TPSA) is 93.6 Å². The fourth-order valence-electron chi connectivity index (χ4n) is 5.78. The van der Waals surface area contributed by atoms with E-state index in [0.29, 0.717) is 58.7 Å². The zero-order valence-corrected chi connectivity index (χ0v) is 21.7. The van der Waals surface area contributed by atoms with Crippen LogP contribution < -0.4 is 4.74 Å². The van der Waals surface area contributed by atoms with Crippen molar-refractivity contribution >= 4 is 11.8 Å². The van der Waals surface area contributed by atoms with E-state index in [2.05, 4.69) is 6.08 Å². The molecular weight excluding hydrogens is 482 g/mol. The Bertz CT molecular complexity index is 1170. The molecule has 38 heavy (non-hydrogen) atoms. The maximum atomic E-state index is 13.6.